The number of aromatic nitrogens is 2. The number of amides is 1. The van der Waals surface area contributed by atoms with Crippen LogP contribution in [0.4, 0.5) is 8.78 Å². The van der Waals surface area contributed by atoms with E-state index in [0.717, 1.165) is 0 Å². The molecule has 0 saturated heterocycles. The van der Waals surface area contributed by atoms with Crippen LogP contribution in [0.5, 0.6) is 0 Å². The number of primary amides is 1. The average molecular weight is 269 g/mol. The summed E-state index contributed by atoms with van der Waals surface area (Å²) in [6.45, 7) is 1.74. The molecule has 19 heavy (non-hydrogen) atoms. The number of aryl methyl sites for hydroxylation is 1. The molecule has 0 radical (unpaired) electrons. The van der Waals surface area contributed by atoms with Crippen molar-refractivity contribution in [2.24, 2.45) is 11.7 Å². The monoisotopic (exact) mass is 269 g/mol. The van der Waals surface area contributed by atoms with Crippen molar-refractivity contribution >= 4 is 5.91 Å². The molecule has 1 unspecified atom stereocenters. The van der Waals surface area contributed by atoms with E-state index in [1.54, 1.807) is 19.3 Å². The molecule has 1 heterocycles. The van der Waals surface area contributed by atoms with Gasteiger partial charge in [-0.05, 0) is 25.7 Å². The van der Waals surface area contributed by atoms with E-state index in [-0.39, 0.29) is 18.8 Å². The summed E-state index contributed by atoms with van der Waals surface area (Å²) in [5.41, 5.74) is 6.04. The first-order valence-electron chi connectivity index (χ1n) is 6.35. The Morgan fingerprint density at radius 1 is 1.37 bits per heavy atom. The smallest absolute Gasteiger partial charge is 0.248 e. The molecule has 0 bridgehead atoms. The Balaban J connectivity index is 2.17. The maximum absolute atomic E-state index is 13.2. The predicted octanol–water partition coefficient (Wildman–Crippen LogP) is 2.18. The van der Waals surface area contributed by atoms with Crippen LogP contribution in [0.3, 0.4) is 0 Å². The van der Waals surface area contributed by atoms with Crippen LogP contribution in [-0.2, 0) is 4.79 Å². The Bertz CT molecular complexity index is 451. The second-order valence-electron chi connectivity index (χ2n) is 5.14. The van der Waals surface area contributed by atoms with Gasteiger partial charge in [-0.3, -0.25) is 4.79 Å². The summed E-state index contributed by atoms with van der Waals surface area (Å²) in [5, 5.41) is 0. The lowest BCUT2D eigenvalue weighted by molar-refractivity contribution is -0.122. The first-order chi connectivity index (χ1) is 8.89. The molecule has 0 aromatic carbocycles. The van der Waals surface area contributed by atoms with E-state index in [2.05, 4.69) is 9.97 Å². The number of carbonyl (C=O) groups is 1. The molecule has 1 aromatic rings. The molecular weight excluding hydrogens is 252 g/mol. The summed E-state index contributed by atoms with van der Waals surface area (Å²) >= 11 is 0. The van der Waals surface area contributed by atoms with Crippen LogP contribution in [0.2, 0.25) is 0 Å². The highest BCUT2D eigenvalue weighted by Gasteiger charge is 2.39. The molecule has 2 rings (SSSR count). The van der Waals surface area contributed by atoms with E-state index in [4.69, 9.17) is 5.73 Å². The van der Waals surface area contributed by atoms with Gasteiger partial charge in [-0.2, -0.15) is 0 Å². The van der Waals surface area contributed by atoms with E-state index < -0.39 is 17.7 Å². The normalized spacial score (nSPS) is 21.0. The largest absolute Gasteiger partial charge is 0.369 e. The van der Waals surface area contributed by atoms with Gasteiger partial charge in [0.25, 0.3) is 0 Å². The standard InChI is InChI=1S/C13H17F2N3O/c1-8-17-6-10(7-18-8)11(12(16)19)9-2-4-13(14,15)5-3-9/h6-7,9,11H,2-5H2,1H3,(H2,16,19). The van der Waals surface area contributed by atoms with Crippen LogP contribution >= 0.6 is 0 Å². The zero-order valence-electron chi connectivity index (χ0n) is 10.8. The lowest BCUT2D eigenvalue weighted by Gasteiger charge is -2.32. The summed E-state index contributed by atoms with van der Waals surface area (Å²) in [4.78, 5) is 19.7. The fourth-order valence-electron chi connectivity index (χ4n) is 2.63. The van der Waals surface area contributed by atoms with Gasteiger partial charge in [-0.15, -0.1) is 0 Å². The van der Waals surface area contributed by atoms with Crippen LogP contribution in [-0.4, -0.2) is 21.8 Å². The minimum Gasteiger partial charge on any atom is -0.369 e. The van der Waals surface area contributed by atoms with Crippen molar-refractivity contribution in [3.63, 3.8) is 0 Å². The topological polar surface area (TPSA) is 68.9 Å². The van der Waals surface area contributed by atoms with Crippen LogP contribution in [0.1, 0.15) is 43.0 Å². The Morgan fingerprint density at radius 2 is 1.89 bits per heavy atom. The molecule has 0 spiro atoms. The van der Waals surface area contributed by atoms with Crippen molar-refractivity contribution in [2.75, 3.05) is 0 Å². The highest BCUT2D eigenvalue weighted by Crippen LogP contribution is 2.41. The van der Waals surface area contributed by atoms with Crippen molar-refractivity contribution < 1.29 is 13.6 Å². The maximum atomic E-state index is 13.2. The molecular formula is C13H17F2N3O. The van der Waals surface area contributed by atoms with E-state index in [1.165, 1.54) is 0 Å². The number of hydrogen-bond donors (Lipinski definition) is 1. The van der Waals surface area contributed by atoms with Gasteiger partial charge in [0, 0.05) is 30.8 Å². The van der Waals surface area contributed by atoms with Gasteiger partial charge < -0.3 is 5.73 Å². The minimum absolute atomic E-state index is 0.150. The van der Waals surface area contributed by atoms with Gasteiger partial charge in [-0.1, -0.05) is 0 Å². The average Bonchev–Trinajstić information content (AvgIpc) is 2.33. The van der Waals surface area contributed by atoms with Gasteiger partial charge in [-0.25, -0.2) is 18.7 Å². The molecule has 1 aromatic heterocycles. The molecule has 4 nitrogen and oxygen atoms in total. The van der Waals surface area contributed by atoms with Gasteiger partial charge in [0.05, 0.1) is 5.92 Å². The fourth-order valence-corrected chi connectivity index (χ4v) is 2.63. The van der Waals surface area contributed by atoms with Crippen molar-refractivity contribution in [1.82, 2.24) is 9.97 Å². The van der Waals surface area contributed by atoms with Gasteiger partial charge >= 0.3 is 0 Å². The second kappa shape index (κ2) is 5.19. The van der Waals surface area contributed by atoms with Gasteiger partial charge in [0.15, 0.2) is 0 Å². The van der Waals surface area contributed by atoms with E-state index in [1.807, 2.05) is 0 Å². The third-order valence-electron chi connectivity index (χ3n) is 3.70. The number of halogens is 2. The van der Waals surface area contributed by atoms with Crippen LogP contribution in [0, 0.1) is 12.8 Å². The first kappa shape index (κ1) is 13.8. The van der Waals surface area contributed by atoms with Crippen LogP contribution in [0.25, 0.3) is 0 Å². The lowest BCUT2D eigenvalue weighted by atomic mass is 9.76. The summed E-state index contributed by atoms with van der Waals surface area (Å²) in [7, 11) is 0. The highest BCUT2D eigenvalue weighted by atomic mass is 19.3. The molecule has 1 atom stereocenters. The number of hydrogen-bond acceptors (Lipinski definition) is 3. The molecule has 1 amide bonds. The Kier molecular flexibility index (Phi) is 3.78. The van der Waals surface area contributed by atoms with E-state index in [0.29, 0.717) is 24.2 Å². The molecule has 1 fully saturated rings. The summed E-state index contributed by atoms with van der Waals surface area (Å²) in [6, 6.07) is 0. The van der Waals surface area contributed by atoms with Crippen molar-refractivity contribution in [2.45, 2.75) is 44.4 Å². The third-order valence-corrected chi connectivity index (χ3v) is 3.70. The number of carbonyl (C=O) groups excluding carboxylic acids is 1. The number of nitrogens with zero attached hydrogens (tertiary/aromatic N) is 2. The van der Waals surface area contributed by atoms with E-state index in [9.17, 15) is 13.6 Å². The Morgan fingerprint density at radius 3 is 2.37 bits per heavy atom. The zero-order valence-corrected chi connectivity index (χ0v) is 10.8. The second-order valence-corrected chi connectivity index (χ2v) is 5.14. The van der Waals surface area contributed by atoms with E-state index >= 15 is 0 Å². The molecule has 2 N–H and O–H groups in total. The predicted molar refractivity (Wildman–Crippen MR) is 65.6 cm³/mol. The fraction of sp³-hybridized carbons (Fsp3) is 0.615. The summed E-state index contributed by atoms with van der Waals surface area (Å²) in [5.74, 6) is -3.23. The number of nitrogens with two attached hydrogens (primary N) is 1. The van der Waals surface area contributed by atoms with Crippen molar-refractivity contribution in [3.05, 3.63) is 23.8 Å². The molecule has 0 aliphatic heterocycles. The number of rotatable bonds is 3. The summed E-state index contributed by atoms with van der Waals surface area (Å²) in [6.07, 6.45) is 3.35. The quantitative estimate of drug-likeness (QED) is 0.914. The minimum atomic E-state index is -2.61. The van der Waals surface area contributed by atoms with Gasteiger partial charge in [0.1, 0.15) is 5.82 Å². The maximum Gasteiger partial charge on any atom is 0.248 e. The molecule has 1 aliphatic rings. The Labute approximate surface area is 110 Å². The molecule has 1 aliphatic carbocycles. The molecule has 6 heteroatoms. The van der Waals surface area contributed by atoms with Crippen molar-refractivity contribution in [1.29, 1.82) is 0 Å². The third kappa shape index (κ3) is 3.24. The number of alkyl halides is 2. The van der Waals surface area contributed by atoms with Crippen LogP contribution < -0.4 is 5.73 Å². The molecule has 104 valence electrons. The Hall–Kier alpha value is -1.59. The molecule has 1 saturated carbocycles. The van der Waals surface area contributed by atoms with Crippen molar-refractivity contribution in [3.8, 4) is 0 Å². The first-order valence-corrected chi connectivity index (χ1v) is 6.35. The SMILES string of the molecule is Cc1ncc(C(C(N)=O)C2CCC(F)(F)CC2)cn1. The lowest BCUT2D eigenvalue weighted by Crippen LogP contribution is -2.34. The summed E-state index contributed by atoms with van der Waals surface area (Å²) < 4.78 is 26.3. The zero-order chi connectivity index (χ0) is 14.0. The highest BCUT2D eigenvalue weighted by molar-refractivity contribution is 5.82. The van der Waals surface area contributed by atoms with Gasteiger partial charge in [0.2, 0.25) is 11.8 Å². The van der Waals surface area contributed by atoms with Crippen LogP contribution in [0.15, 0.2) is 12.4 Å².